The van der Waals surface area contributed by atoms with Crippen LogP contribution in [-0.4, -0.2) is 33.4 Å². The monoisotopic (exact) mass is 494 g/mol. The van der Waals surface area contributed by atoms with Crippen LogP contribution < -0.4 is 9.62 Å². The molecule has 3 rings (SSSR count). The molecule has 184 valence electrons. The second kappa shape index (κ2) is 10.7. The number of hydrogen-bond acceptors (Lipinski definition) is 5. The van der Waals surface area contributed by atoms with Crippen LogP contribution in [0.25, 0.3) is 0 Å². The molecule has 0 aliphatic heterocycles. The minimum atomic E-state index is -4.04. The van der Waals surface area contributed by atoms with Gasteiger partial charge in [0.25, 0.3) is 10.0 Å². The molecule has 1 amide bonds. The highest BCUT2D eigenvalue weighted by molar-refractivity contribution is 7.92. The summed E-state index contributed by atoms with van der Waals surface area (Å²) in [5.74, 6) is -1.02. The van der Waals surface area contributed by atoms with Gasteiger partial charge in [0.2, 0.25) is 5.91 Å². The first-order valence-electron chi connectivity index (χ1n) is 11.3. The fraction of sp³-hybridized carbons (Fsp3) is 0.259. The lowest BCUT2D eigenvalue weighted by molar-refractivity contribution is -0.114. The summed E-state index contributed by atoms with van der Waals surface area (Å²) in [6.45, 7) is 8.80. The lowest BCUT2D eigenvalue weighted by atomic mass is 10.1. The van der Waals surface area contributed by atoms with Crippen LogP contribution in [0.3, 0.4) is 0 Å². The van der Waals surface area contributed by atoms with E-state index in [0.717, 1.165) is 21.0 Å². The van der Waals surface area contributed by atoms with Crippen LogP contribution in [0.15, 0.2) is 65.6 Å². The lowest BCUT2D eigenvalue weighted by Crippen LogP contribution is -2.38. The van der Waals surface area contributed by atoms with Gasteiger partial charge in [0.15, 0.2) is 0 Å². The van der Waals surface area contributed by atoms with E-state index in [1.807, 2.05) is 26.8 Å². The molecule has 0 aliphatic rings. The van der Waals surface area contributed by atoms with E-state index in [9.17, 15) is 18.0 Å². The second-order valence-electron chi connectivity index (χ2n) is 8.29. The van der Waals surface area contributed by atoms with Crippen molar-refractivity contribution in [2.75, 3.05) is 22.8 Å². The van der Waals surface area contributed by atoms with Gasteiger partial charge < -0.3 is 10.1 Å². The number of sulfonamides is 1. The molecule has 3 aromatic carbocycles. The molecule has 1 N–H and O–H groups in total. The number of esters is 1. The van der Waals surface area contributed by atoms with Crippen molar-refractivity contribution >= 4 is 33.3 Å². The molecule has 0 bridgehead atoms. The van der Waals surface area contributed by atoms with Crippen molar-refractivity contribution in [1.82, 2.24) is 0 Å². The lowest BCUT2D eigenvalue weighted by Gasteiger charge is -2.26. The van der Waals surface area contributed by atoms with Gasteiger partial charge in [-0.2, -0.15) is 0 Å². The van der Waals surface area contributed by atoms with Crippen molar-refractivity contribution in [2.45, 2.75) is 39.5 Å². The van der Waals surface area contributed by atoms with Crippen LogP contribution in [0.4, 0.5) is 11.4 Å². The normalized spacial score (nSPS) is 11.1. The minimum Gasteiger partial charge on any atom is -0.462 e. The van der Waals surface area contributed by atoms with Gasteiger partial charge in [-0.3, -0.25) is 9.10 Å². The van der Waals surface area contributed by atoms with E-state index in [1.165, 1.54) is 12.1 Å². The van der Waals surface area contributed by atoms with Crippen molar-refractivity contribution in [3.63, 3.8) is 0 Å². The Morgan fingerprint density at radius 2 is 1.54 bits per heavy atom. The standard InChI is InChI=1S/C27H30N2O5S/c1-6-34-27(31)23-10-8-11-24(21(23)5)28-26(30)17-29(25-12-7-9-19(3)20(25)4)35(32,33)22-15-13-18(2)14-16-22/h7-16H,6,17H2,1-5H3,(H,28,30). The minimum absolute atomic E-state index is 0.0947. The Bertz CT molecular complexity index is 1350. The summed E-state index contributed by atoms with van der Waals surface area (Å²) in [5, 5.41) is 2.76. The Labute approximate surface area is 206 Å². The van der Waals surface area contributed by atoms with Crippen molar-refractivity contribution in [3.05, 3.63) is 88.5 Å². The zero-order chi connectivity index (χ0) is 25.8. The van der Waals surface area contributed by atoms with Crippen molar-refractivity contribution in [2.24, 2.45) is 0 Å². The Balaban J connectivity index is 1.98. The van der Waals surface area contributed by atoms with Crippen LogP contribution >= 0.6 is 0 Å². The van der Waals surface area contributed by atoms with E-state index in [2.05, 4.69) is 5.32 Å². The quantitative estimate of drug-likeness (QED) is 0.448. The average Bonchev–Trinajstić information content (AvgIpc) is 2.81. The molecule has 0 fully saturated rings. The Morgan fingerprint density at radius 3 is 2.20 bits per heavy atom. The van der Waals surface area contributed by atoms with E-state index >= 15 is 0 Å². The molecule has 0 spiro atoms. The largest absolute Gasteiger partial charge is 0.462 e. The number of nitrogens with zero attached hydrogens (tertiary/aromatic N) is 1. The third kappa shape index (κ3) is 5.71. The maximum atomic E-state index is 13.7. The van der Waals surface area contributed by atoms with Gasteiger partial charge in [0.05, 0.1) is 22.8 Å². The Kier molecular flexibility index (Phi) is 7.96. The highest BCUT2D eigenvalue weighted by Gasteiger charge is 2.29. The van der Waals surface area contributed by atoms with E-state index in [4.69, 9.17) is 4.74 Å². The summed E-state index contributed by atoms with van der Waals surface area (Å²) in [7, 11) is -4.04. The molecule has 8 heteroatoms. The fourth-order valence-corrected chi connectivity index (χ4v) is 5.14. The molecular formula is C27H30N2O5S. The van der Waals surface area contributed by atoms with E-state index < -0.39 is 28.4 Å². The highest BCUT2D eigenvalue weighted by atomic mass is 32.2. The van der Waals surface area contributed by atoms with E-state index in [-0.39, 0.29) is 11.5 Å². The smallest absolute Gasteiger partial charge is 0.338 e. The molecule has 0 unspecified atom stereocenters. The summed E-state index contributed by atoms with van der Waals surface area (Å²) in [6, 6.07) is 16.8. The van der Waals surface area contributed by atoms with Gasteiger partial charge in [0.1, 0.15) is 6.54 Å². The van der Waals surface area contributed by atoms with Crippen LogP contribution in [0, 0.1) is 27.7 Å². The van der Waals surface area contributed by atoms with Crippen LogP contribution in [0.2, 0.25) is 0 Å². The first-order chi connectivity index (χ1) is 16.6. The number of benzene rings is 3. The first-order valence-corrected chi connectivity index (χ1v) is 12.7. The third-order valence-electron chi connectivity index (χ3n) is 5.84. The van der Waals surface area contributed by atoms with Gasteiger partial charge in [-0.15, -0.1) is 0 Å². The van der Waals surface area contributed by atoms with E-state index in [1.54, 1.807) is 56.3 Å². The maximum absolute atomic E-state index is 13.7. The van der Waals surface area contributed by atoms with Crippen LogP contribution in [0.1, 0.15) is 39.5 Å². The molecule has 3 aromatic rings. The number of nitrogens with one attached hydrogen (secondary N) is 1. The number of rotatable bonds is 8. The zero-order valence-electron chi connectivity index (χ0n) is 20.6. The SMILES string of the molecule is CCOC(=O)c1cccc(NC(=O)CN(c2cccc(C)c2C)S(=O)(=O)c2ccc(C)cc2)c1C. The molecule has 0 radical (unpaired) electrons. The Hall–Kier alpha value is -3.65. The van der Waals surface area contributed by atoms with Gasteiger partial charge in [-0.25, -0.2) is 13.2 Å². The summed E-state index contributed by atoms with van der Waals surface area (Å²) in [5.41, 5.74) is 4.31. The van der Waals surface area contributed by atoms with Gasteiger partial charge in [-0.1, -0.05) is 35.9 Å². The molecule has 35 heavy (non-hydrogen) atoms. The van der Waals surface area contributed by atoms with Crippen molar-refractivity contribution < 1.29 is 22.7 Å². The van der Waals surface area contributed by atoms with E-state index in [0.29, 0.717) is 22.5 Å². The van der Waals surface area contributed by atoms with Gasteiger partial charge >= 0.3 is 5.97 Å². The van der Waals surface area contributed by atoms with Crippen LogP contribution in [-0.2, 0) is 19.6 Å². The summed E-state index contributed by atoms with van der Waals surface area (Å²) < 4.78 is 33.5. The molecule has 0 atom stereocenters. The molecule has 7 nitrogen and oxygen atoms in total. The predicted octanol–water partition coefficient (Wildman–Crippen LogP) is 4.93. The summed E-state index contributed by atoms with van der Waals surface area (Å²) >= 11 is 0. The average molecular weight is 495 g/mol. The number of hydrogen-bond donors (Lipinski definition) is 1. The molecule has 0 saturated heterocycles. The summed E-state index contributed by atoms with van der Waals surface area (Å²) in [4.78, 5) is 25.5. The third-order valence-corrected chi connectivity index (χ3v) is 7.62. The molecular weight excluding hydrogens is 464 g/mol. The highest BCUT2D eigenvalue weighted by Crippen LogP contribution is 2.29. The Morgan fingerprint density at radius 1 is 0.886 bits per heavy atom. The van der Waals surface area contributed by atoms with Gasteiger partial charge in [0, 0.05) is 5.69 Å². The maximum Gasteiger partial charge on any atom is 0.338 e. The van der Waals surface area contributed by atoms with Crippen molar-refractivity contribution in [3.8, 4) is 0 Å². The zero-order valence-corrected chi connectivity index (χ0v) is 21.4. The topological polar surface area (TPSA) is 92.8 Å². The molecule has 0 aromatic heterocycles. The molecule has 0 aliphatic carbocycles. The molecule has 0 heterocycles. The van der Waals surface area contributed by atoms with Crippen LogP contribution in [0.5, 0.6) is 0 Å². The number of carbonyl (C=O) groups excluding carboxylic acids is 2. The second-order valence-corrected chi connectivity index (χ2v) is 10.2. The van der Waals surface area contributed by atoms with Gasteiger partial charge in [-0.05, 0) is 81.6 Å². The predicted molar refractivity (Wildman–Crippen MR) is 137 cm³/mol. The first kappa shape index (κ1) is 26.0. The number of ether oxygens (including phenoxy) is 1. The number of carbonyl (C=O) groups is 2. The number of amides is 1. The summed E-state index contributed by atoms with van der Waals surface area (Å²) in [6.07, 6.45) is 0. The number of aryl methyl sites for hydroxylation is 2. The fourth-order valence-electron chi connectivity index (χ4n) is 3.66. The van der Waals surface area contributed by atoms with Crippen molar-refractivity contribution in [1.29, 1.82) is 0 Å². The number of anilines is 2. The molecule has 0 saturated carbocycles.